The van der Waals surface area contributed by atoms with Gasteiger partial charge < -0.3 is 15.6 Å². The van der Waals surface area contributed by atoms with E-state index in [1.165, 1.54) is 55.5 Å². The maximum atomic E-state index is 13.0. The second-order valence-corrected chi connectivity index (χ2v) is 9.26. The summed E-state index contributed by atoms with van der Waals surface area (Å²) in [4.78, 5) is 16.2. The number of anilines is 1. The predicted molar refractivity (Wildman–Crippen MR) is 123 cm³/mol. The van der Waals surface area contributed by atoms with E-state index in [1.54, 1.807) is 6.07 Å². The van der Waals surface area contributed by atoms with Crippen molar-refractivity contribution in [2.75, 3.05) is 5.32 Å². The van der Waals surface area contributed by atoms with Crippen LogP contribution in [0.4, 0.5) is 18.9 Å². The van der Waals surface area contributed by atoms with Crippen LogP contribution >= 0.6 is 0 Å². The number of amides is 1. The molecule has 3 N–H and O–H groups in total. The van der Waals surface area contributed by atoms with Crippen molar-refractivity contribution in [3.8, 4) is 0 Å². The van der Waals surface area contributed by atoms with E-state index in [4.69, 9.17) is 0 Å². The van der Waals surface area contributed by atoms with Crippen LogP contribution in [0.5, 0.6) is 0 Å². The Morgan fingerprint density at radius 1 is 0.970 bits per heavy atom. The van der Waals surface area contributed by atoms with E-state index in [2.05, 4.69) is 15.6 Å². The number of halogens is 3. The number of carbonyl (C=O) groups is 1. The van der Waals surface area contributed by atoms with Gasteiger partial charge in [-0.25, -0.2) is 0 Å². The Bertz CT molecular complexity index is 1160. The number of H-pyrrole nitrogens is 1. The molecule has 2 aliphatic rings. The molecule has 5 rings (SSSR count). The van der Waals surface area contributed by atoms with Crippen molar-refractivity contribution in [3.05, 3.63) is 64.8 Å². The van der Waals surface area contributed by atoms with Gasteiger partial charge in [0.1, 0.15) is 0 Å². The fraction of sp³-hybridized carbons (Fsp3) is 0.423. The van der Waals surface area contributed by atoms with E-state index in [1.807, 2.05) is 12.1 Å². The summed E-state index contributed by atoms with van der Waals surface area (Å²) >= 11 is 0. The largest absolute Gasteiger partial charge is 0.416 e. The SMILES string of the molecule is O=C(Nc1ccc2[nH]c3c(c2c1)CCCC3NC1CCCCC1)c1cccc(C(F)(F)F)c1. The summed E-state index contributed by atoms with van der Waals surface area (Å²) in [6, 6.07) is 11.0. The topological polar surface area (TPSA) is 56.9 Å². The Labute approximate surface area is 191 Å². The molecule has 3 aromatic rings. The second kappa shape index (κ2) is 8.86. The molecule has 4 nitrogen and oxygen atoms in total. The van der Waals surface area contributed by atoms with Crippen molar-refractivity contribution in [2.24, 2.45) is 0 Å². The normalized spacial score (nSPS) is 19.4. The number of hydrogen-bond acceptors (Lipinski definition) is 2. The summed E-state index contributed by atoms with van der Waals surface area (Å²) in [7, 11) is 0. The highest BCUT2D eigenvalue weighted by Gasteiger charge is 2.31. The Morgan fingerprint density at radius 2 is 1.79 bits per heavy atom. The van der Waals surface area contributed by atoms with Crippen LogP contribution in [0.1, 0.15) is 78.2 Å². The van der Waals surface area contributed by atoms with Crippen molar-refractivity contribution in [1.29, 1.82) is 0 Å². The first-order chi connectivity index (χ1) is 15.9. The molecule has 0 bridgehead atoms. The second-order valence-electron chi connectivity index (χ2n) is 9.26. The lowest BCUT2D eigenvalue weighted by Gasteiger charge is -2.31. The molecular formula is C26H28F3N3O. The minimum Gasteiger partial charge on any atom is -0.357 e. The summed E-state index contributed by atoms with van der Waals surface area (Å²) in [5.74, 6) is -0.554. The van der Waals surface area contributed by atoms with E-state index >= 15 is 0 Å². The van der Waals surface area contributed by atoms with E-state index < -0.39 is 17.6 Å². The first-order valence-corrected chi connectivity index (χ1v) is 11.8. The molecule has 174 valence electrons. The van der Waals surface area contributed by atoms with Gasteiger partial charge in [0, 0.05) is 39.9 Å². The van der Waals surface area contributed by atoms with Crippen LogP contribution in [-0.4, -0.2) is 16.9 Å². The lowest BCUT2D eigenvalue weighted by Crippen LogP contribution is -2.36. The van der Waals surface area contributed by atoms with Crippen LogP contribution in [0.25, 0.3) is 10.9 Å². The summed E-state index contributed by atoms with van der Waals surface area (Å²) < 4.78 is 39.0. The molecule has 1 unspecified atom stereocenters. The van der Waals surface area contributed by atoms with Gasteiger partial charge in [0.2, 0.25) is 0 Å². The third-order valence-electron chi connectivity index (χ3n) is 6.96. The first-order valence-electron chi connectivity index (χ1n) is 11.8. The molecule has 2 aliphatic carbocycles. The van der Waals surface area contributed by atoms with Gasteiger partial charge in [0.25, 0.3) is 5.91 Å². The highest BCUT2D eigenvalue weighted by Crippen LogP contribution is 2.37. The fourth-order valence-electron chi connectivity index (χ4n) is 5.30. The number of carbonyl (C=O) groups excluding carboxylic acids is 1. The van der Waals surface area contributed by atoms with Crippen LogP contribution in [0.2, 0.25) is 0 Å². The number of aromatic nitrogens is 1. The van der Waals surface area contributed by atoms with Gasteiger partial charge >= 0.3 is 6.18 Å². The van der Waals surface area contributed by atoms with Gasteiger partial charge in [0.15, 0.2) is 0 Å². The predicted octanol–water partition coefficient (Wildman–Crippen LogP) is 6.74. The van der Waals surface area contributed by atoms with E-state index in [0.29, 0.717) is 17.8 Å². The van der Waals surface area contributed by atoms with Crippen LogP contribution in [0, 0.1) is 0 Å². The van der Waals surface area contributed by atoms with Crippen molar-refractivity contribution in [2.45, 2.75) is 69.6 Å². The molecule has 2 aromatic carbocycles. The Hall–Kier alpha value is -2.80. The van der Waals surface area contributed by atoms with E-state index in [0.717, 1.165) is 42.3 Å². The number of hydrogen-bond donors (Lipinski definition) is 3. The average molecular weight is 456 g/mol. The van der Waals surface area contributed by atoms with Crippen LogP contribution in [0.15, 0.2) is 42.5 Å². The van der Waals surface area contributed by atoms with Gasteiger partial charge in [-0.05, 0) is 74.1 Å². The van der Waals surface area contributed by atoms with Gasteiger partial charge in [-0.2, -0.15) is 13.2 Å². The first kappa shape index (κ1) is 22.0. The molecule has 0 saturated heterocycles. The fourth-order valence-corrected chi connectivity index (χ4v) is 5.30. The minimum absolute atomic E-state index is 0.0160. The highest BCUT2D eigenvalue weighted by molar-refractivity contribution is 6.05. The van der Waals surface area contributed by atoms with Gasteiger partial charge in [0.05, 0.1) is 5.56 Å². The maximum Gasteiger partial charge on any atom is 0.416 e. The summed E-state index contributed by atoms with van der Waals surface area (Å²) in [5, 5.41) is 7.71. The molecule has 1 aromatic heterocycles. The molecule has 7 heteroatoms. The Balaban J connectivity index is 1.37. The highest BCUT2D eigenvalue weighted by atomic mass is 19.4. The lowest BCUT2D eigenvalue weighted by atomic mass is 9.89. The third kappa shape index (κ3) is 4.64. The molecule has 1 saturated carbocycles. The molecule has 1 atom stereocenters. The molecule has 1 amide bonds. The molecule has 33 heavy (non-hydrogen) atoms. The maximum absolute atomic E-state index is 13.0. The zero-order valence-corrected chi connectivity index (χ0v) is 18.4. The molecule has 1 heterocycles. The zero-order valence-electron chi connectivity index (χ0n) is 18.4. The van der Waals surface area contributed by atoms with Crippen molar-refractivity contribution in [1.82, 2.24) is 10.3 Å². The van der Waals surface area contributed by atoms with Crippen molar-refractivity contribution >= 4 is 22.5 Å². The molecule has 0 radical (unpaired) electrons. The van der Waals surface area contributed by atoms with Crippen molar-refractivity contribution in [3.63, 3.8) is 0 Å². The third-order valence-corrected chi connectivity index (χ3v) is 6.96. The molecule has 1 fully saturated rings. The van der Waals surface area contributed by atoms with Crippen LogP contribution in [0.3, 0.4) is 0 Å². The minimum atomic E-state index is -4.48. The van der Waals surface area contributed by atoms with Crippen molar-refractivity contribution < 1.29 is 18.0 Å². The number of aryl methyl sites for hydroxylation is 1. The number of aromatic amines is 1. The summed E-state index contributed by atoms with van der Waals surface area (Å²) in [6.07, 6.45) is 5.08. The summed E-state index contributed by atoms with van der Waals surface area (Å²) in [5.41, 5.74) is 3.27. The molecule has 0 spiro atoms. The van der Waals surface area contributed by atoms with Crippen LogP contribution in [-0.2, 0) is 12.6 Å². The smallest absolute Gasteiger partial charge is 0.357 e. The molecule has 0 aliphatic heterocycles. The van der Waals surface area contributed by atoms with E-state index in [-0.39, 0.29) is 5.56 Å². The van der Waals surface area contributed by atoms with Gasteiger partial charge in [-0.15, -0.1) is 0 Å². The molecular weight excluding hydrogens is 427 g/mol. The number of benzene rings is 2. The van der Waals surface area contributed by atoms with Gasteiger partial charge in [-0.1, -0.05) is 25.3 Å². The average Bonchev–Trinajstić information content (AvgIpc) is 3.18. The number of alkyl halides is 3. The van der Waals surface area contributed by atoms with E-state index in [9.17, 15) is 18.0 Å². The number of rotatable bonds is 4. The van der Waals surface area contributed by atoms with Crippen LogP contribution < -0.4 is 10.6 Å². The lowest BCUT2D eigenvalue weighted by molar-refractivity contribution is -0.137. The quantitative estimate of drug-likeness (QED) is 0.408. The number of fused-ring (bicyclic) bond motifs is 3. The zero-order chi connectivity index (χ0) is 23.0. The summed E-state index contributed by atoms with van der Waals surface area (Å²) in [6.45, 7) is 0. The standard InChI is InChI=1S/C26H28F3N3O/c27-26(28,29)17-7-4-6-16(14-17)25(33)31-19-12-13-22-21(15-19)20-10-5-11-23(24(20)32-22)30-18-8-2-1-3-9-18/h4,6-7,12-15,18,23,30,32H,1-3,5,8-11H2,(H,31,33). The Kier molecular flexibility index (Phi) is 5.91. The Morgan fingerprint density at radius 3 is 2.58 bits per heavy atom. The number of nitrogens with one attached hydrogen (secondary N) is 3. The van der Waals surface area contributed by atoms with Gasteiger partial charge in [-0.3, -0.25) is 4.79 Å². The monoisotopic (exact) mass is 455 g/mol.